The van der Waals surface area contributed by atoms with Crippen molar-refractivity contribution in [3.63, 3.8) is 0 Å². The second kappa shape index (κ2) is 7.62. The Morgan fingerprint density at radius 1 is 1.60 bits per heavy atom. The number of halogens is 2. The Labute approximate surface area is 129 Å². The second-order valence-corrected chi connectivity index (χ2v) is 4.94. The van der Waals surface area contributed by atoms with E-state index in [9.17, 15) is 4.79 Å². The molecule has 6 nitrogen and oxygen atoms in total. The molecule has 8 heteroatoms. The Balaban J connectivity index is 3.11. The Morgan fingerprint density at radius 2 is 2.30 bits per heavy atom. The summed E-state index contributed by atoms with van der Waals surface area (Å²) in [6.07, 6.45) is 0.194. The molecule has 0 saturated carbocycles. The fourth-order valence-electron chi connectivity index (χ4n) is 1.33. The number of nitriles is 1. The van der Waals surface area contributed by atoms with Gasteiger partial charge < -0.3 is 5.73 Å². The van der Waals surface area contributed by atoms with E-state index in [1.807, 2.05) is 0 Å². The van der Waals surface area contributed by atoms with Gasteiger partial charge in [0.1, 0.15) is 6.07 Å². The molecule has 0 aliphatic rings. The first-order valence-electron chi connectivity index (χ1n) is 5.46. The number of nitrogens with zero attached hydrogens (tertiary/aromatic N) is 2. The third-order valence-electron chi connectivity index (χ3n) is 2.25. The van der Waals surface area contributed by atoms with E-state index in [4.69, 9.17) is 28.0 Å². The van der Waals surface area contributed by atoms with Crippen LogP contribution in [0.15, 0.2) is 27.8 Å². The van der Waals surface area contributed by atoms with Crippen molar-refractivity contribution in [2.45, 2.75) is 6.42 Å². The van der Waals surface area contributed by atoms with Crippen molar-refractivity contribution in [2.75, 3.05) is 11.3 Å². The maximum Gasteiger partial charge on any atom is 0.201 e. The molecule has 1 rings (SSSR count). The summed E-state index contributed by atoms with van der Waals surface area (Å²) >= 11 is 8.84. The lowest BCUT2D eigenvalue weighted by atomic mass is 10.1. The number of hydrazone groups is 1. The van der Waals surface area contributed by atoms with E-state index in [0.717, 1.165) is 4.47 Å². The first-order valence-corrected chi connectivity index (χ1v) is 6.79. The molecule has 1 aromatic carbocycles. The van der Waals surface area contributed by atoms with E-state index in [0.29, 0.717) is 11.3 Å². The molecular weight excluding hydrogens is 346 g/mol. The number of carbonyl (C=O) groups excluding carboxylic acids is 1. The molecule has 0 bridgehead atoms. The average Bonchev–Trinajstić information content (AvgIpc) is 2.39. The molecule has 0 fully saturated rings. The van der Waals surface area contributed by atoms with Crippen molar-refractivity contribution < 1.29 is 4.79 Å². The zero-order valence-corrected chi connectivity index (χ0v) is 12.6. The van der Waals surface area contributed by atoms with Crippen molar-refractivity contribution in [1.82, 2.24) is 0 Å². The molecule has 0 unspecified atom stereocenters. The summed E-state index contributed by atoms with van der Waals surface area (Å²) in [5.41, 5.74) is 8.30. The number of ketones is 1. The minimum absolute atomic E-state index is 0.147. The minimum Gasteiger partial charge on any atom is -0.382 e. The Morgan fingerprint density at radius 3 is 2.85 bits per heavy atom. The lowest BCUT2D eigenvalue weighted by Crippen LogP contribution is -2.22. The molecule has 20 heavy (non-hydrogen) atoms. The van der Waals surface area contributed by atoms with Crippen molar-refractivity contribution >= 4 is 50.5 Å². The second-order valence-electron chi connectivity index (χ2n) is 3.65. The van der Waals surface area contributed by atoms with E-state index in [-0.39, 0.29) is 23.8 Å². The van der Waals surface area contributed by atoms with Gasteiger partial charge in [0.05, 0.1) is 5.69 Å². The van der Waals surface area contributed by atoms with Crippen molar-refractivity contribution in [3.05, 3.63) is 28.2 Å². The summed E-state index contributed by atoms with van der Waals surface area (Å²) in [4.78, 5) is 11.9. The summed E-state index contributed by atoms with van der Waals surface area (Å²) in [5, 5.41) is 19.6. The Hall–Kier alpha value is -1.91. The number of benzene rings is 1. The van der Waals surface area contributed by atoms with Crippen LogP contribution >= 0.6 is 27.5 Å². The third-order valence-corrected chi connectivity index (χ3v) is 2.93. The molecule has 0 saturated heterocycles. The van der Waals surface area contributed by atoms with Crippen LogP contribution in [-0.4, -0.2) is 23.2 Å². The van der Waals surface area contributed by atoms with Crippen LogP contribution < -0.4 is 11.2 Å². The molecule has 0 radical (unpaired) electrons. The van der Waals surface area contributed by atoms with Gasteiger partial charge in [0.15, 0.2) is 11.6 Å². The van der Waals surface area contributed by atoms with Crippen LogP contribution in [0, 0.1) is 16.7 Å². The van der Waals surface area contributed by atoms with Crippen LogP contribution in [0.3, 0.4) is 0 Å². The SMILES string of the molecule is N#C/C(=N\Nc1cc(Br)ccc1C(=O)CCCl)C(=N)N. The first-order chi connectivity index (χ1) is 9.49. The predicted octanol–water partition coefficient (Wildman–Crippen LogP) is 2.49. The highest BCUT2D eigenvalue weighted by Gasteiger charge is 2.12. The number of amidine groups is 1. The zero-order chi connectivity index (χ0) is 15.1. The van der Waals surface area contributed by atoms with Crippen molar-refractivity contribution in [2.24, 2.45) is 10.8 Å². The van der Waals surface area contributed by atoms with E-state index in [2.05, 4.69) is 26.5 Å². The molecule has 0 heterocycles. The number of carbonyl (C=O) groups is 1. The van der Waals surface area contributed by atoms with E-state index in [1.165, 1.54) is 0 Å². The Bertz CT molecular complexity index is 608. The number of nitrogens with one attached hydrogen (secondary N) is 2. The van der Waals surface area contributed by atoms with Gasteiger partial charge in [0, 0.05) is 22.3 Å². The number of nitrogens with two attached hydrogens (primary N) is 1. The number of Topliss-reactive ketones (excluding diaryl/α,β-unsaturated/α-hetero) is 1. The monoisotopic (exact) mass is 355 g/mol. The normalized spacial score (nSPS) is 10.8. The molecule has 0 spiro atoms. The topological polar surface area (TPSA) is 115 Å². The fourth-order valence-corrected chi connectivity index (χ4v) is 1.87. The maximum absolute atomic E-state index is 11.9. The van der Waals surface area contributed by atoms with Crippen LogP contribution in [0.25, 0.3) is 0 Å². The quantitative estimate of drug-likeness (QED) is 0.239. The summed E-state index contributed by atoms with van der Waals surface area (Å²) in [5.74, 6) is -0.385. The molecule has 0 aliphatic carbocycles. The molecule has 104 valence electrons. The maximum atomic E-state index is 11.9. The van der Waals surface area contributed by atoms with E-state index < -0.39 is 5.84 Å². The molecule has 0 amide bonds. The molecule has 4 N–H and O–H groups in total. The predicted molar refractivity (Wildman–Crippen MR) is 82.4 cm³/mol. The molecular formula is C12H11BrClN5O. The standard InChI is InChI=1S/C12H11BrClN5O/c13-7-1-2-8(11(20)3-4-14)9(5-7)18-19-10(6-15)12(16)17/h1-2,5,18H,3-4H2,(H3,16,17)/b19-10+. The van der Waals surface area contributed by atoms with Gasteiger partial charge in [-0.3, -0.25) is 15.6 Å². The van der Waals surface area contributed by atoms with Crippen LogP contribution in [0.5, 0.6) is 0 Å². The Kier molecular flexibility index (Phi) is 6.15. The fraction of sp³-hybridized carbons (Fsp3) is 0.167. The number of hydrogen-bond acceptors (Lipinski definition) is 5. The molecule has 0 aromatic heterocycles. The average molecular weight is 357 g/mol. The number of hydrogen-bond donors (Lipinski definition) is 3. The van der Waals surface area contributed by atoms with Gasteiger partial charge in [-0.1, -0.05) is 15.9 Å². The highest BCUT2D eigenvalue weighted by atomic mass is 79.9. The van der Waals surface area contributed by atoms with E-state index >= 15 is 0 Å². The lowest BCUT2D eigenvalue weighted by molar-refractivity contribution is 0.0990. The number of alkyl halides is 1. The van der Waals surface area contributed by atoms with Gasteiger partial charge in [-0.25, -0.2) is 0 Å². The van der Waals surface area contributed by atoms with Gasteiger partial charge in [-0.05, 0) is 18.2 Å². The van der Waals surface area contributed by atoms with Crippen LogP contribution in [0.2, 0.25) is 0 Å². The van der Waals surface area contributed by atoms with Crippen molar-refractivity contribution in [1.29, 1.82) is 10.7 Å². The number of rotatable bonds is 6. The molecule has 0 atom stereocenters. The summed E-state index contributed by atoms with van der Waals surface area (Å²) in [7, 11) is 0. The van der Waals surface area contributed by atoms with Crippen LogP contribution in [0.1, 0.15) is 16.8 Å². The lowest BCUT2D eigenvalue weighted by Gasteiger charge is -2.08. The van der Waals surface area contributed by atoms with Gasteiger partial charge in [0.2, 0.25) is 5.71 Å². The van der Waals surface area contributed by atoms with Gasteiger partial charge >= 0.3 is 0 Å². The summed E-state index contributed by atoms with van der Waals surface area (Å²) in [6.45, 7) is 0. The van der Waals surface area contributed by atoms with E-state index in [1.54, 1.807) is 24.3 Å². The molecule has 1 aromatic rings. The van der Waals surface area contributed by atoms with Gasteiger partial charge in [-0.15, -0.1) is 11.6 Å². The zero-order valence-electron chi connectivity index (χ0n) is 10.3. The summed E-state index contributed by atoms with van der Waals surface area (Å²) < 4.78 is 0.735. The highest BCUT2D eigenvalue weighted by molar-refractivity contribution is 9.10. The van der Waals surface area contributed by atoms with Crippen molar-refractivity contribution in [3.8, 4) is 6.07 Å². The largest absolute Gasteiger partial charge is 0.382 e. The third kappa shape index (κ3) is 4.33. The molecule has 0 aliphatic heterocycles. The highest BCUT2D eigenvalue weighted by Crippen LogP contribution is 2.23. The van der Waals surface area contributed by atoms with Gasteiger partial charge in [-0.2, -0.15) is 10.4 Å². The first kappa shape index (κ1) is 16.1. The summed E-state index contributed by atoms with van der Waals surface area (Å²) in [6, 6.07) is 6.66. The van der Waals surface area contributed by atoms with Gasteiger partial charge in [0.25, 0.3) is 0 Å². The van der Waals surface area contributed by atoms with Crippen LogP contribution in [0.4, 0.5) is 5.69 Å². The minimum atomic E-state index is -0.455. The van der Waals surface area contributed by atoms with Crippen LogP contribution in [-0.2, 0) is 0 Å². The smallest absolute Gasteiger partial charge is 0.201 e. The number of anilines is 1.